The molecule has 2 rings (SSSR count). The molecule has 4 amide bonds. The first-order chi connectivity index (χ1) is 34.0. The maximum Gasteiger partial charge on any atom is 0.333 e. The number of hydrogen-bond acceptors (Lipinski definition) is 10. The Morgan fingerprint density at radius 1 is 0.514 bits per heavy atom. The van der Waals surface area contributed by atoms with E-state index in [1.54, 1.807) is 77.8 Å². The van der Waals surface area contributed by atoms with E-state index in [-0.39, 0.29) is 60.8 Å². The van der Waals surface area contributed by atoms with Crippen LogP contribution in [0.3, 0.4) is 0 Å². The van der Waals surface area contributed by atoms with E-state index < -0.39 is 57.8 Å². The van der Waals surface area contributed by atoms with Crippen molar-refractivity contribution in [1.82, 2.24) is 31.1 Å². The van der Waals surface area contributed by atoms with Crippen LogP contribution in [0.5, 0.6) is 0 Å². The largest absolute Gasteiger partial charge is 0.463 e. The van der Waals surface area contributed by atoms with Gasteiger partial charge in [-0.15, -0.1) is 0 Å². The molecule has 74 heavy (non-hydrogen) atoms. The van der Waals surface area contributed by atoms with Crippen LogP contribution in [0.2, 0.25) is 0 Å². The Bertz CT molecular complexity index is 2070. The van der Waals surface area contributed by atoms with Crippen molar-refractivity contribution in [1.29, 1.82) is 0 Å². The number of nitrogens with one attached hydrogen (secondary N) is 4. The normalized spacial score (nSPS) is 15.1. The third kappa shape index (κ3) is 18.5. The molecule has 0 saturated heterocycles. The lowest BCUT2D eigenvalue weighted by Gasteiger charge is -2.40. The molecule has 0 aliphatic carbocycles. The zero-order chi connectivity index (χ0) is 57.4. The summed E-state index contributed by atoms with van der Waals surface area (Å²) in [6.45, 7) is 39.2. The average molecular weight is 1030 g/mol. The van der Waals surface area contributed by atoms with Crippen LogP contribution >= 0.6 is 0 Å². The zero-order valence-corrected chi connectivity index (χ0v) is 50.0. The molecule has 0 saturated carbocycles. The van der Waals surface area contributed by atoms with Gasteiger partial charge in [-0.05, 0) is 89.4 Å². The molecule has 4 N–H and O–H groups in total. The second-order valence-corrected chi connectivity index (χ2v) is 23.7. The highest BCUT2D eigenvalue weighted by molar-refractivity contribution is 5.93. The maximum atomic E-state index is 13.9. The molecule has 0 fully saturated rings. The first-order valence-electron chi connectivity index (χ1n) is 26.3. The Balaban J connectivity index is 0.000000740. The van der Waals surface area contributed by atoms with Crippen molar-refractivity contribution in [3.63, 3.8) is 0 Å². The summed E-state index contributed by atoms with van der Waals surface area (Å²) in [4.78, 5) is 82.7. The number of benzene rings is 2. The molecule has 0 bridgehead atoms. The molecule has 0 aromatic heterocycles. The minimum absolute atomic E-state index is 0.0418. The van der Waals surface area contributed by atoms with Gasteiger partial charge in [0.1, 0.15) is 12.1 Å². The minimum atomic E-state index is -0.771. The Morgan fingerprint density at radius 2 is 0.784 bits per heavy atom. The van der Waals surface area contributed by atoms with Crippen LogP contribution in [0.25, 0.3) is 0 Å². The number of nitrogens with zero attached hydrogens (tertiary/aromatic N) is 2. The van der Waals surface area contributed by atoms with Gasteiger partial charge in [0.15, 0.2) is 0 Å². The molecule has 2 aromatic carbocycles. The van der Waals surface area contributed by atoms with Crippen molar-refractivity contribution in [3.8, 4) is 0 Å². The van der Waals surface area contributed by atoms with Crippen LogP contribution in [-0.4, -0.2) is 123 Å². The summed E-state index contributed by atoms with van der Waals surface area (Å²) in [6, 6.07) is 13.0. The van der Waals surface area contributed by atoms with Crippen molar-refractivity contribution in [2.75, 3.05) is 41.4 Å². The van der Waals surface area contributed by atoms with Gasteiger partial charge in [-0.2, -0.15) is 0 Å². The fourth-order valence-corrected chi connectivity index (χ4v) is 9.03. The molecule has 0 spiro atoms. The number of carbonyl (C=O) groups is 6. The molecule has 0 aliphatic rings. The van der Waals surface area contributed by atoms with E-state index in [4.69, 9.17) is 9.47 Å². The van der Waals surface area contributed by atoms with Crippen molar-refractivity contribution in [2.45, 2.75) is 186 Å². The topological polar surface area (TPSA) is 175 Å². The summed E-state index contributed by atoms with van der Waals surface area (Å²) in [6.07, 6.45) is 3.55. The number of carbonyl (C=O) groups excluding carboxylic acids is 6. The van der Waals surface area contributed by atoms with E-state index in [1.165, 1.54) is 0 Å². The van der Waals surface area contributed by atoms with E-state index in [9.17, 15) is 28.8 Å². The number of likely N-dealkylation sites (N-methyl/N-ethyl adjacent to an activating group) is 4. The average Bonchev–Trinajstić information content (AvgIpc) is 3.29. The first kappa shape index (κ1) is 66.7. The number of hydrogen-bond donors (Lipinski definition) is 4. The Kier molecular flexibility index (Phi) is 25.7. The predicted octanol–water partition coefficient (Wildman–Crippen LogP) is 8.77. The fourth-order valence-electron chi connectivity index (χ4n) is 9.03. The van der Waals surface area contributed by atoms with E-state index in [1.807, 2.05) is 159 Å². The van der Waals surface area contributed by atoms with E-state index in [2.05, 4.69) is 21.3 Å². The standard InChI is InChI=1S/2C30H49N3O4/c2*1-13-37-28(36)21(5)18-23(19(2)3)33(12)27(35)25(29(6,7)8)32-26(34)24(31-11)30(9,10)22-16-14-20(4)15-17-22/h2*14-19,23-25,31H,13H2,1-12H3,(H,32,34)/b2*21-18+/t23-,24+,25?;23-,24-,25?/m11/s1. The van der Waals surface area contributed by atoms with Crippen molar-refractivity contribution < 1.29 is 38.2 Å². The van der Waals surface area contributed by atoms with Gasteiger partial charge in [0.2, 0.25) is 23.6 Å². The van der Waals surface area contributed by atoms with Crippen LogP contribution in [0.4, 0.5) is 0 Å². The van der Waals surface area contributed by atoms with E-state index >= 15 is 0 Å². The van der Waals surface area contributed by atoms with Gasteiger partial charge in [-0.25, -0.2) is 9.59 Å². The number of aryl methyl sites for hydroxylation is 2. The number of amides is 4. The van der Waals surface area contributed by atoms with Crippen LogP contribution in [0.15, 0.2) is 71.8 Å². The molecule has 14 heteroatoms. The van der Waals surface area contributed by atoms with Crippen molar-refractivity contribution in [2.24, 2.45) is 22.7 Å². The van der Waals surface area contributed by atoms with E-state index in [0.29, 0.717) is 11.1 Å². The molecule has 416 valence electrons. The molecule has 6 atom stereocenters. The van der Waals surface area contributed by atoms with Crippen LogP contribution < -0.4 is 21.3 Å². The second-order valence-electron chi connectivity index (χ2n) is 23.7. The number of esters is 2. The summed E-state index contributed by atoms with van der Waals surface area (Å²) >= 11 is 0. The third-order valence-electron chi connectivity index (χ3n) is 13.9. The SMILES string of the molecule is CCOC(=O)/C(C)=C/[C@H](C(C)C)N(C)C(=O)C(NC(=O)[C@@H](NC)C(C)(C)c1ccc(C)cc1)C(C)(C)C.CCOC(=O)/C(C)=C/[C@H](C(C)C)N(C)C(=O)C(NC(=O)[C@H](NC)C(C)(C)c1ccc(C)cc1)C(C)(C)C. The lowest BCUT2D eigenvalue weighted by atomic mass is 9.76. The minimum Gasteiger partial charge on any atom is -0.463 e. The van der Waals surface area contributed by atoms with Crippen molar-refractivity contribution in [3.05, 3.63) is 94.1 Å². The van der Waals surface area contributed by atoms with Gasteiger partial charge in [-0.3, -0.25) is 19.2 Å². The molecule has 2 aromatic rings. The van der Waals surface area contributed by atoms with Gasteiger partial charge in [0, 0.05) is 36.1 Å². The zero-order valence-electron chi connectivity index (χ0n) is 50.0. The van der Waals surface area contributed by atoms with Gasteiger partial charge in [-0.1, -0.05) is 169 Å². The number of ether oxygens (including phenoxy) is 2. The second kappa shape index (κ2) is 28.5. The van der Waals surface area contributed by atoms with Gasteiger partial charge >= 0.3 is 11.9 Å². The Labute approximate surface area is 447 Å². The van der Waals surface area contributed by atoms with Gasteiger partial charge in [0.05, 0.1) is 37.4 Å². The summed E-state index contributed by atoms with van der Waals surface area (Å²) in [5, 5.41) is 12.5. The lowest BCUT2D eigenvalue weighted by molar-refractivity contribution is -0.141. The fraction of sp³-hybridized carbons (Fsp3) is 0.633. The molecule has 0 heterocycles. The smallest absolute Gasteiger partial charge is 0.333 e. The molecular weight excluding hydrogens is 933 g/mol. The third-order valence-corrected chi connectivity index (χ3v) is 13.9. The van der Waals surface area contributed by atoms with Crippen LogP contribution in [-0.2, 0) is 49.1 Å². The van der Waals surface area contributed by atoms with Crippen LogP contribution in [0.1, 0.15) is 147 Å². The highest BCUT2D eigenvalue weighted by Gasteiger charge is 2.43. The van der Waals surface area contributed by atoms with Crippen molar-refractivity contribution >= 4 is 35.6 Å². The predicted molar refractivity (Wildman–Crippen MR) is 300 cm³/mol. The Hall–Kier alpha value is -5.34. The first-order valence-corrected chi connectivity index (χ1v) is 26.3. The molecule has 0 radical (unpaired) electrons. The highest BCUT2D eigenvalue weighted by atomic mass is 16.5. The molecule has 0 aliphatic heterocycles. The van der Waals surface area contributed by atoms with E-state index in [0.717, 1.165) is 22.3 Å². The highest BCUT2D eigenvalue weighted by Crippen LogP contribution is 2.32. The summed E-state index contributed by atoms with van der Waals surface area (Å²) < 4.78 is 10.2. The molecular formula is C60H98N6O8. The van der Waals surface area contributed by atoms with Gasteiger partial charge in [0.25, 0.3) is 0 Å². The monoisotopic (exact) mass is 1030 g/mol. The summed E-state index contributed by atoms with van der Waals surface area (Å²) in [5.41, 5.74) is 3.12. The number of rotatable bonds is 22. The maximum absolute atomic E-state index is 13.9. The lowest BCUT2D eigenvalue weighted by Crippen LogP contribution is -2.61. The molecule has 14 nitrogen and oxygen atoms in total. The Morgan fingerprint density at radius 3 is 1.00 bits per heavy atom. The van der Waals surface area contributed by atoms with Crippen LogP contribution in [0, 0.1) is 36.5 Å². The quantitative estimate of drug-likeness (QED) is 0.0659. The van der Waals surface area contributed by atoms with Gasteiger partial charge < -0.3 is 40.5 Å². The molecule has 2 unspecified atom stereocenters. The summed E-state index contributed by atoms with van der Waals surface area (Å²) in [5.74, 6) is -1.62. The summed E-state index contributed by atoms with van der Waals surface area (Å²) in [7, 11) is 6.97.